The SMILES string of the molecule is Cc1cc(/C=C2/Sc3ccccc3N2C)cc(C)[n+]1C(C)c1ccccc1. The molecule has 2 aromatic carbocycles. The Hall–Kier alpha value is -2.52. The molecule has 0 aliphatic carbocycles. The molecule has 0 spiro atoms. The monoisotopic (exact) mass is 373 g/mol. The quantitative estimate of drug-likeness (QED) is 0.540. The molecule has 0 amide bonds. The summed E-state index contributed by atoms with van der Waals surface area (Å²) in [6.07, 6.45) is 2.29. The van der Waals surface area contributed by atoms with Crippen molar-refractivity contribution in [1.82, 2.24) is 0 Å². The van der Waals surface area contributed by atoms with E-state index in [0.717, 1.165) is 0 Å². The molecule has 1 aromatic heterocycles. The first-order valence-corrected chi connectivity index (χ1v) is 10.2. The lowest BCUT2D eigenvalue weighted by Crippen LogP contribution is -2.44. The first kappa shape index (κ1) is 17.9. The zero-order valence-corrected chi connectivity index (χ0v) is 17.1. The largest absolute Gasteiger partial charge is 0.338 e. The summed E-state index contributed by atoms with van der Waals surface area (Å²) >= 11 is 1.84. The van der Waals surface area contributed by atoms with E-state index in [9.17, 15) is 0 Å². The summed E-state index contributed by atoms with van der Waals surface area (Å²) in [5, 5.41) is 1.27. The van der Waals surface area contributed by atoms with Crippen LogP contribution in [0, 0.1) is 13.8 Å². The fourth-order valence-electron chi connectivity index (χ4n) is 3.91. The van der Waals surface area contributed by atoms with Gasteiger partial charge in [0.25, 0.3) is 0 Å². The predicted octanol–water partition coefficient (Wildman–Crippen LogP) is 5.74. The number of aryl methyl sites for hydroxylation is 2. The first-order valence-electron chi connectivity index (χ1n) is 9.34. The van der Waals surface area contributed by atoms with Crippen molar-refractivity contribution in [2.45, 2.75) is 31.7 Å². The van der Waals surface area contributed by atoms with E-state index in [1.807, 2.05) is 11.8 Å². The average Bonchev–Trinajstić information content (AvgIpc) is 2.98. The standard InChI is InChI=1S/C24H25N2S/c1-17-14-20(16-24-25(4)22-12-8-9-13-23(22)27-24)15-18(2)26(17)19(3)21-10-6-5-7-11-21/h5-16,19H,1-4H3/q+1. The fourth-order valence-corrected chi connectivity index (χ4v) is 5.02. The summed E-state index contributed by atoms with van der Waals surface area (Å²) in [5.41, 5.74) is 6.43. The first-order chi connectivity index (χ1) is 13.0. The van der Waals surface area contributed by atoms with Crippen molar-refractivity contribution in [3.05, 3.63) is 94.3 Å². The molecule has 0 saturated heterocycles. The highest BCUT2D eigenvalue weighted by molar-refractivity contribution is 8.03. The average molecular weight is 374 g/mol. The number of aromatic nitrogens is 1. The molecule has 0 radical (unpaired) electrons. The van der Waals surface area contributed by atoms with Crippen LogP contribution in [0.3, 0.4) is 0 Å². The Bertz CT molecular complexity index is 985. The second-order valence-corrected chi connectivity index (χ2v) is 8.20. The molecule has 2 heterocycles. The Morgan fingerprint density at radius 3 is 2.22 bits per heavy atom. The number of hydrogen-bond acceptors (Lipinski definition) is 2. The van der Waals surface area contributed by atoms with Gasteiger partial charge in [0.05, 0.1) is 10.7 Å². The van der Waals surface area contributed by atoms with Gasteiger partial charge in [0.1, 0.15) is 0 Å². The van der Waals surface area contributed by atoms with Crippen molar-refractivity contribution in [2.24, 2.45) is 0 Å². The van der Waals surface area contributed by atoms with Crippen LogP contribution in [0.1, 0.15) is 35.5 Å². The molecule has 136 valence electrons. The van der Waals surface area contributed by atoms with Crippen LogP contribution < -0.4 is 9.47 Å². The number of anilines is 1. The van der Waals surface area contributed by atoms with Crippen LogP contribution in [-0.2, 0) is 0 Å². The molecule has 0 N–H and O–H groups in total. The molecule has 1 aliphatic heterocycles. The number of benzene rings is 2. The van der Waals surface area contributed by atoms with E-state index < -0.39 is 0 Å². The summed E-state index contributed by atoms with van der Waals surface area (Å²) in [6.45, 7) is 6.67. The summed E-state index contributed by atoms with van der Waals surface area (Å²) in [6, 6.07) is 24.2. The molecule has 1 unspecified atom stereocenters. The summed E-state index contributed by atoms with van der Waals surface area (Å²) < 4.78 is 2.41. The van der Waals surface area contributed by atoms with E-state index >= 15 is 0 Å². The molecule has 0 bridgehead atoms. The van der Waals surface area contributed by atoms with Crippen LogP contribution in [0.2, 0.25) is 0 Å². The zero-order chi connectivity index (χ0) is 19.0. The van der Waals surface area contributed by atoms with Crippen molar-refractivity contribution < 1.29 is 4.57 Å². The van der Waals surface area contributed by atoms with Gasteiger partial charge in [-0.05, 0) is 23.8 Å². The van der Waals surface area contributed by atoms with Crippen LogP contribution >= 0.6 is 11.8 Å². The van der Waals surface area contributed by atoms with Crippen LogP contribution in [-0.4, -0.2) is 7.05 Å². The second-order valence-electron chi connectivity index (χ2n) is 7.14. The van der Waals surface area contributed by atoms with Gasteiger partial charge in [-0.3, -0.25) is 0 Å². The van der Waals surface area contributed by atoms with E-state index in [2.05, 4.69) is 110 Å². The van der Waals surface area contributed by atoms with E-state index in [-0.39, 0.29) is 0 Å². The minimum atomic E-state index is 0.320. The molecule has 4 rings (SSSR count). The lowest BCUT2D eigenvalue weighted by Gasteiger charge is -2.15. The molecule has 0 saturated carbocycles. The lowest BCUT2D eigenvalue weighted by molar-refractivity contribution is -0.721. The highest BCUT2D eigenvalue weighted by atomic mass is 32.2. The minimum Gasteiger partial charge on any atom is -0.338 e. The Labute approximate surface area is 166 Å². The van der Waals surface area contributed by atoms with E-state index in [1.165, 1.54) is 38.1 Å². The number of thioether (sulfide) groups is 1. The number of para-hydroxylation sites is 1. The minimum absolute atomic E-state index is 0.320. The van der Waals surface area contributed by atoms with Gasteiger partial charge in [0.15, 0.2) is 17.4 Å². The molecular weight excluding hydrogens is 348 g/mol. The number of rotatable bonds is 3. The third-order valence-electron chi connectivity index (χ3n) is 5.24. The van der Waals surface area contributed by atoms with Gasteiger partial charge in [-0.15, -0.1) is 0 Å². The van der Waals surface area contributed by atoms with Crippen LogP contribution in [0.15, 0.2) is 76.7 Å². The van der Waals surface area contributed by atoms with E-state index in [1.54, 1.807) is 0 Å². The molecule has 0 fully saturated rings. The summed E-state index contributed by atoms with van der Waals surface area (Å²) in [4.78, 5) is 3.60. The Balaban J connectivity index is 1.67. The van der Waals surface area contributed by atoms with Gasteiger partial charge < -0.3 is 4.90 Å². The zero-order valence-electron chi connectivity index (χ0n) is 16.3. The number of nitrogens with zero attached hydrogens (tertiary/aromatic N) is 2. The highest BCUT2D eigenvalue weighted by Crippen LogP contribution is 2.45. The van der Waals surface area contributed by atoms with Crippen LogP contribution in [0.25, 0.3) is 6.08 Å². The third kappa shape index (κ3) is 3.40. The van der Waals surface area contributed by atoms with Crippen molar-refractivity contribution in [1.29, 1.82) is 0 Å². The molecule has 2 nitrogen and oxygen atoms in total. The van der Waals surface area contributed by atoms with Gasteiger partial charge in [0, 0.05) is 50.4 Å². The number of pyridine rings is 1. The number of fused-ring (bicyclic) bond motifs is 1. The summed E-state index contributed by atoms with van der Waals surface area (Å²) in [7, 11) is 2.14. The van der Waals surface area contributed by atoms with Gasteiger partial charge >= 0.3 is 0 Å². The Morgan fingerprint density at radius 2 is 1.56 bits per heavy atom. The van der Waals surface area contributed by atoms with Crippen molar-refractivity contribution in [3.8, 4) is 0 Å². The topological polar surface area (TPSA) is 7.12 Å². The molecule has 1 atom stereocenters. The smallest absolute Gasteiger partial charge is 0.181 e. The molecule has 3 aromatic rings. The van der Waals surface area contributed by atoms with Crippen LogP contribution in [0.4, 0.5) is 5.69 Å². The molecule has 3 heteroatoms. The van der Waals surface area contributed by atoms with Crippen molar-refractivity contribution in [3.63, 3.8) is 0 Å². The molecular formula is C24H25N2S+. The van der Waals surface area contributed by atoms with Crippen molar-refractivity contribution >= 4 is 23.5 Å². The molecule has 1 aliphatic rings. The maximum atomic E-state index is 2.41. The summed E-state index contributed by atoms with van der Waals surface area (Å²) in [5.74, 6) is 0. The Kier molecular flexibility index (Phi) is 4.79. The normalized spacial score (nSPS) is 15.9. The lowest BCUT2D eigenvalue weighted by atomic mass is 10.1. The van der Waals surface area contributed by atoms with E-state index in [4.69, 9.17) is 0 Å². The predicted molar refractivity (Wildman–Crippen MR) is 115 cm³/mol. The Morgan fingerprint density at radius 1 is 0.926 bits per heavy atom. The highest BCUT2D eigenvalue weighted by Gasteiger charge is 2.23. The molecule has 27 heavy (non-hydrogen) atoms. The van der Waals surface area contributed by atoms with Gasteiger partial charge in [0.2, 0.25) is 0 Å². The number of hydrogen-bond donors (Lipinski definition) is 0. The van der Waals surface area contributed by atoms with Crippen LogP contribution in [0.5, 0.6) is 0 Å². The second kappa shape index (κ2) is 7.24. The van der Waals surface area contributed by atoms with Crippen molar-refractivity contribution in [2.75, 3.05) is 11.9 Å². The maximum absolute atomic E-state index is 2.41. The maximum Gasteiger partial charge on any atom is 0.181 e. The van der Waals surface area contributed by atoms with Gasteiger partial charge in [-0.2, -0.15) is 4.57 Å². The fraction of sp³-hybridized carbons (Fsp3) is 0.208. The van der Waals surface area contributed by atoms with E-state index in [0.29, 0.717) is 6.04 Å². The third-order valence-corrected chi connectivity index (χ3v) is 6.41. The van der Waals surface area contributed by atoms with Gasteiger partial charge in [-0.1, -0.05) is 54.2 Å². The van der Waals surface area contributed by atoms with Gasteiger partial charge in [-0.25, -0.2) is 0 Å².